The van der Waals surface area contributed by atoms with E-state index in [2.05, 4.69) is 0 Å². The predicted octanol–water partition coefficient (Wildman–Crippen LogP) is 2.95. The van der Waals surface area contributed by atoms with Crippen molar-refractivity contribution >= 4 is 5.97 Å². The fraction of sp³-hybridized carbons (Fsp3) is 0.294. The van der Waals surface area contributed by atoms with Crippen molar-refractivity contribution in [1.29, 1.82) is 0 Å². The second-order valence-corrected chi connectivity index (χ2v) is 5.30. The van der Waals surface area contributed by atoms with Crippen LogP contribution < -0.4 is 10.3 Å². The van der Waals surface area contributed by atoms with Crippen molar-refractivity contribution in [3.8, 4) is 17.0 Å². The summed E-state index contributed by atoms with van der Waals surface area (Å²) in [6.45, 7) is 2.52. The van der Waals surface area contributed by atoms with Gasteiger partial charge < -0.3 is 14.4 Å². The summed E-state index contributed by atoms with van der Waals surface area (Å²) in [6, 6.07) is 10.7. The molecule has 0 radical (unpaired) electrons. The first-order valence-electron chi connectivity index (χ1n) is 7.34. The van der Waals surface area contributed by atoms with Crippen LogP contribution >= 0.6 is 0 Å². The van der Waals surface area contributed by atoms with Crippen molar-refractivity contribution in [3.05, 3.63) is 52.3 Å². The van der Waals surface area contributed by atoms with E-state index >= 15 is 0 Å². The molecule has 1 aromatic heterocycles. The van der Waals surface area contributed by atoms with Crippen LogP contribution in [-0.2, 0) is 0 Å². The molecule has 5 nitrogen and oxygen atoms in total. The topological polar surface area (TPSA) is 68.5 Å². The zero-order valence-corrected chi connectivity index (χ0v) is 12.3. The summed E-state index contributed by atoms with van der Waals surface area (Å²) in [5.74, 6) is -0.411. The lowest BCUT2D eigenvalue weighted by atomic mass is 10.1. The van der Waals surface area contributed by atoms with Gasteiger partial charge in [0.1, 0.15) is 11.3 Å². The van der Waals surface area contributed by atoms with Gasteiger partial charge in [-0.25, -0.2) is 4.79 Å². The van der Waals surface area contributed by atoms with E-state index in [1.165, 1.54) is 6.07 Å². The van der Waals surface area contributed by atoms with Gasteiger partial charge in [-0.1, -0.05) is 0 Å². The van der Waals surface area contributed by atoms with E-state index < -0.39 is 11.5 Å². The zero-order chi connectivity index (χ0) is 15.7. The average Bonchev–Trinajstić information content (AvgIpc) is 3.32. The van der Waals surface area contributed by atoms with Gasteiger partial charge in [0, 0.05) is 6.04 Å². The number of carboxylic acid groups (broad SMARTS) is 1. The monoisotopic (exact) mass is 299 g/mol. The third-order valence-corrected chi connectivity index (χ3v) is 3.72. The number of hydrogen-bond donors (Lipinski definition) is 1. The third kappa shape index (κ3) is 2.62. The molecule has 0 unspecified atom stereocenters. The van der Waals surface area contributed by atoms with Gasteiger partial charge in [-0.3, -0.25) is 4.79 Å². The Balaban J connectivity index is 2.08. The van der Waals surface area contributed by atoms with Gasteiger partial charge in [0.15, 0.2) is 0 Å². The Morgan fingerprint density at radius 1 is 1.23 bits per heavy atom. The summed E-state index contributed by atoms with van der Waals surface area (Å²) < 4.78 is 7.03. The van der Waals surface area contributed by atoms with Gasteiger partial charge in [-0.2, -0.15) is 0 Å². The molecular weight excluding hydrogens is 282 g/mol. The van der Waals surface area contributed by atoms with Crippen LogP contribution in [0.1, 0.15) is 36.2 Å². The molecule has 0 amide bonds. The van der Waals surface area contributed by atoms with Crippen LogP contribution in [0.4, 0.5) is 0 Å². The summed E-state index contributed by atoms with van der Waals surface area (Å²) in [4.78, 5) is 23.6. The standard InChI is InChI=1S/C17H17NO4/c1-2-22-13-7-3-11(4-8-13)15-10-9-14(17(20)21)16(19)18(15)12-5-6-12/h3-4,7-10,12H,2,5-6H2,1H3,(H,20,21). The Hall–Kier alpha value is -2.56. The SMILES string of the molecule is CCOc1ccc(-c2ccc(C(=O)O)c(=O)n2C2CC2)cc1. The normalized spacial score (nSPS) is 13.9. The summed E-state index contributed by atoms with van der Waals surface area (Å²) in [5.41, 5.74) is 1.02. The molecule has 1 heterocycles. The highest BCUT2D eigenvalue weighted by atomic mass is 16.5. The highest BCUT2D eigenvalue weighted by Gasteiger charge is 2.29. The van der Waals surface area contributed by atoms with Gasteiger partial charge in [0.25, 0.3) is 5.56 Å². The maximum Gasteiger partial charge on any atom is 0.341 e. The van der Waals surface area contributed by atoms with Crippen LogP contribution in [0.2, 0.25) is 0 Å². The second kappa shape index (κ2) is 5.67. The van der Waals surface area contributed by atoms with E-state index in [0.717, 1.165) is 29.8 Å². The molecule has 1 N–H and O–H groups in total. The van der Waals surface area contributed by atoms with E-state index in [1.54, 1.807) is 10.6 Å². The van der Waals surface area contributed by atoms with Gasteiger partial charge in [-0.05, 0) is 61.7 Å². The molecule has 114 valence electrons. The van der Waals surface area contributed by atoms with E-state index in [4.69, 9.17) is 9.84 Å². The number of ether oxygens (including phenoxy) is 1. The molecular formula is C17H17NO4. The van der Waals surface area contributed by atoms with E-state index in [0.29, 0.717) is 6.61 Å². The molecule has 0 atom stereocenters. The molecule has 1 aliphatic rings. The Bertz CT molecular complexity index is 757. The minimum atomic E-state index is -1.18. The molecule has 0 bridgehead atoms. The van der Waals surface area contributed by atoms with Crippen molar-refractivity contribution in [3.63, 3.8) is 0 Å². The van der Waals surface area contributed by atoms with Gasteiger partial charge in [-0.15, -0.1) is 0 Å². The molecule has 22 heavy (non-hydrogen) atoms. The fourth-order valence-electron chi connectivity index (χ4n) is 2.53. The number of benzene rings is 1. The molecule has 0 saturated heterocycles. The third-order valence-electron chi connectivity index (χ3n) is 3.72. The van der Waals surface area contributed by atoms with E-state index in [-0.39, 0.29) is 11.6 Å². The smallest absolute Gasteiger partial charge is 0.341 e. The highest BCUT2D eigenvalue weighted by Crippen LogP contribution is 2.37. The van der Waals surface area contributed by atoms with E-state index in [9.17, 15) is 9.59 Å². The molecule has 5 heteroatoms. The quantitative estimate of drug-likeness (QED) is 0.921. The number of nitrogens with zero attached hydrogens (tertiary/aromatic N) is 1. The van der Waals surface area contributed by atoms with Crippen molar-refractivity contribution in [2.24, 2.45) is 0 Å². The molecule has 1 saturated carbocycles. The molecule has 1 aliphatic carbocycles. The van der Waals surface area contributed by atoms with Crippen LogP contribution in [0.3, 0.4) is 0 Å². The molecule has 1 aromatic carbocycles. The van der Waals surface area contributed by atoms with Crippen LogP contribution in [0.15, 0.2) is 41.2 Å². The molecule has 3 rings (SSSR count). The zero-order valence-electron chi connectivity index (χ0n) is 12.3. The predicted molar refractivity (Wildman–Crippen MR) is 82.5 cm³/mol. The van der Waals surface area contributed by atoms with Crippen molar-refractivity contribution in [2.45, 2.75) is 25.8 Å². The van der Waals surface area contributed by atoms with Crippen LogP contribution in [-0.4, -0.2) is 22.2 Å². The number of carboxylic acids is 1. The van der Waals surface area contributed by atoms with Crippen LogP contribution in [0.5, 0.6) is 5.75 Å². The summed E-state index contributed by atoms with van der Waals surface area (Å²) in [7, 11) is 0. The number of rotatable bonds is 5. The first-order valence-corrected chi connectivity index (χ1v) is 7.34. The fourth-order valence-corrected chi connectivity index (χ4v) is 2.53. The minimum absolute atomic E-state index is 0.105. The molecule has 0 aliphatic heterocycles. The van der Waals surface area contributed by atoms with Crippen molar-refractivity contribution in [2.75, 3.05) is 6.61 Å². The largest absolute Gasteiger partial charge is 0.494 e. The lowest BCUT2D eigenvalue weighted by molar-refractivity contribution is 0.0694. The Labute approximate surface area is 127 Å². The first kappa shape index (κ1) is 14.4. The van der Waals surface area contributed by atoms with Crippen LogP contribution in [0.25, 0.3) is 11.3 Å². The maximum absolute atomic E-state index is 12.4. The number of pyridine rings is 1. The first-order chi connectivity index (χ1) is 10.6. The van der Waals surface area contributed by atoms with Gasteiger partial charge in [0.05, 0.1) is 12.3 Å². The highest BCUT2D eigenvalue weighted by molar-refractivity contribution is 5.87. The Kier molecular flexibility index (Phi) is 3.71. The number of carbonyl (C=O) groups is 1. The number of aromatic nitrogens is 1. The van der Waals surface area contributed by atoms with Crippen molar-refractivity contribution < 1.29 is 14.6 Å². The lowest BCUT2D eigenvalue weighted by Gasteiger charge is -2.13. The molecule has 0 spiro atoms. The van der Waals surface area contributed by atoms with E-state index in [1.807, 2.05) is 31.2 Å². The minimum Gasteiger partial charge on any atom is -0.494 e. The Morgan fingerprint density at radius 3 is 2.45 bits per heavy atom. The molecule has 1 fully saturated rings. The van der Waals surface area contributed by atoms with Crippen LogP contribution in [0, 0.1) is 0 Å². The lowest BCUT2D eigenvalue weighted by Crippen LogP contribution is -2.26. The Morgan fingerprint density at radius 2 is 1.91 bits per heavy atom. The maximum atomic E-state index is 12.4. The number of hydrogen-bond acceptors (Lipinski definition) is 3. The summed E-state index contributed by atoms with van der Waals surface area (Å²) in [6.07, 6.45) is 1.82. The average molecular weight is 299 g/mol. The van der Waals surface area contributed by atoms with Gasteiger partial charge >= 0.3 is 5.97 Å². The molecule has 2 aromatic rings. The second-order valence-electron chi connectivity index (χ2n) is 5.30. The van der Waals surface area contributed by atoms with Gasteiger partial charge in [0.2, 0.25) is 0 Å². The van der Waals surface area contributed by atoms with Crippen molar-refractivity contribution in [1.82, 2.24) is 4.57 Å². The summed E-state index contributed by atoms with van der Waals surface area (Å²) in [5, 5.41) is 9.12. The number of aromatic carboxylic acids is 1. The summed E-state index contributed by atoms with van der Waals surface area (Å²) >= 11 is 0.